The van der Waals surface area contributed by atoms with Crippen molar-refractivity contribution >= 4 is 32.7 Å². The zero-order valence-corrected chi connectivity index (χ0v) is 17.6. The SMILES string of the molecule is CCCCC(CC)CNC(=O)CCCn1c(=O)[nH]c2ccc(Br)cc2c1=O. The van der Waals surface area contributed by atoms with Crippen LogP contribution in [0.25, 0.3) is 10.9 Å². The van der Waals surface area contributed by atoms with Gasteiger partial charge >= 0.3 is 5.69 Å². The predicted octanol–water partition coefficient (Wildman–Crippen LogP) is 3.57. The number of rotatable bonds is 10. The topological polar surface area (TPSA) is 84.0 Å². The van der Waals surface area contributed by atoms with Crippen LogP contribution in [0, 0.1) is 5.92 Å². The minimum atomic E-state index is -0.444. The Labute approximate surface area is 167 Å². The number of hydrogen-bond donors (Lipinski definition) is 2. The lowest BCUT2D eigenvalue weighted by molar-refractivity contribution is -0.121. The van der Waals surface area contributed by atoms with E-state index in [9.17, 15) is 14.4 Å². The van der Waals surface area contributed by atoms with E-state index in [1.807, 2.05) is 0 Å². The summed E-state index contributed by atoms with van der Waals surface area (Å²) in [7, 11) is 0. The summed E-state index contributed by atoms with van der Waals surface area (Å²) in [6.07, 6.45) is 5.27. The van der Waals surface area contributed by atoms with Crippen molar-refractivity contribution in [3.63, 3.8) is 0 Å². The van der Waals surface area contributed by atoms with Gasteiger partial charge in [0.15, 0.2) is 0 Å². The molecule has 0 saturated heterocycles. The number of aromatic nitrogens is 2. The lowest BCUT2D eigenvalue weighted by Crippen LogP contribution is -2.35. The number of fused-ring (bicyclic) bond motifs is 1. The fourth-order valence-corrected chi connectivity index (χ4v) is 3.47. The number of aromatic amines is 1. The van der Waals surface area contributed by atoms with Crippen LogP contribution in [0.1, 0.15) is 52.4 Å². The quantitative estimate of drug-likeness (QED) is 0.595. The first-order valence-electron chi connectivity index (χ1n) is 9.65. The summed E-state index contributed by atoms with van der Waals surface area (Å²) in [4.78, 5) is 39.5. The molecule has 148 valence electrons. The average molecular weight is 438 g/mol. The highest BCUT2D eigenvalue weighted by Gasteiger charge is 2.11. The lowest BCUT2D eigenvalue weighted by Gasteiger charge is -2.15. The summed E-state index contributed by atoms with van der Waals surface area (Å²) in [5.74, 6) is 0.483. The Kier molecular flexibility index (Phi) is 8.28. The number of amides is 1. The highest BCUT2D eigenvalue weighted by atomic mass is 79.9. The Bertz CT molecular complexity index is 888. The fourth-order valence-electron chi connectivity index (χ4n) is 3.11. The second kappa shape index (κ2) is 10.4. The van der Waals surface area contributed by atoms with Crippen LogP contribution in [-0.4, -0.2) is 22.0 Å². The molecule has 0 spiro atoms. The van der Waals surface area contributed by atoms with E-state index in [0.717, 1.165) is 28.3 Å². The van der Waals surface area contributed by atoms with E-state index in [2.05, 4.69) is 40.1 Å². The number of carbonyl (C=O) groups excluding carboxylic acids is 1. The molecule has 0 bridgehead atoms. The smallest absolute Gasteiger partial charge is 0.328 e. The Balaban J connectivity index is 1.92. The van der Waals surface area contributed by atoms with Crippen molar-refractivity contribution in [2.75, 3.05) is 6.54 Å². The highest BCUT2D eigenvalue weighted by Crippen LogP contribution is 2.14. The third-order valence-electron chi connectivity index (χ3n) is 4.86. The summed E-state index contributed by atoms with van der Waals surface area (Å²) in [6, 6.07) is 5.16. The first-order chi connectivity index (χ1) is 13.0. The molecular weight excluding hydrogens is 410 g/mol. The van der Waals surface area contributed by atoms with E-state index in [0.29, 0.717) is 36.2 Å². The van der Waals surface area contributed by atoms with Gasteiger partial charge in [0.25, 0.3) is 5.56 Å². The first kappa shape index (κ1) is 21.4. The predicted molar refractivity (Wildman–Crippen MR) is 112 cm³/mol. The summed E-state index contributed by atoms with van der Waals surface area (Å²) in [5, 5.41) is 3.43. The molecule has 6 nitrogen and oxygen atoms in total. The molecule has 0 aliphatic heterocycles. The summed E-state index contributed by atoms with van der Waals surface area (Å²) >= 11 is 3.34. The molecule has 1 aromatic heterocycles. The third kappa shape index (κ3) is 6.06. The van der Waals surface area contributed by atoms with Gasteiger partial charge in [-0.05, 0) is 37.0 Å². The number of unbranched alkanes of at least 4 members (excludes halogenated alkanes) is 1. The Morgan fingerprint density at radius 2 is 2.04 bits per heavy atom. The number of halogens is 1. The normalized spacial score (nSPS) is 12.3. The molecule has 0 aliphatic carbocycles. The molecule has 2 N–H and O–H groups in total. The van der Waals surface area contributed by atoms with Crippen LogP contribution in [0.15, 0.2) is 32.3 Å². The van der Waals surface area contributed by atoms with Crippen molar-refractivity contribution < 1.29 is 4.79 Å². The third-order valence-corrected chi connectivity index (χ3v) is 5.35. The molecule has 2 rings (SSSR count). The Morgan fingerprint density at radius 1 is 1.26 bits per heavy atom. The van der Waals surface area contributed by atoms with E-state index in [-0.39, 0.29) is 18.0 Å². The van der Waals surface area contributed by atoms with Gasteiger partial charge in [0.2, 0.25) is 5.91 Å². The maximum absolute atomic E-state index is 12.6. The monoisotopic (exact) mass is 437 g/mol. The highest BCUT2D eigenvalue weighted by molar-refractivity contribution is 9.10. The van der Waals surface area contributed by atoms with Crippen molar-refractivity contribution in [3.8, 4) is 0 Å². The van der Waals surface area contributed by atoms with Gasteiger partial charge in [0, 0.05) is 24.0 Å². The zero-order valence-electron chi connectivity index (χ0n) is 16.0. The minimum absolute atomic E-state index is 0.0297. The van der Waals surface area contributed by atoms with E-state index >= 15 is 0 Å². The molecule has 27 heavy (non-hydrogen) atoms. The molecular formula is C20H28BrN3O3. The number of H-pyrrole nitrogens is 1. The van der Waals surface area contributed by atoms with Crippen LogP contribution in [0.5, 0.6) is 0 Å². The van der Waals surface area contributed by atoms with Crippen molar-refractivity contribution in [3.05, 3.63) is 43.5 Å². The van der Waals surface area contributed by atoms with E-state index in [1.54, 1.807) is 18.2 Å². The fraction of sp³-hybridized carbons (Fsp3) is 0.550. The van der Waals surface area contributed by atoms with Gasteiger partial charge in [-0.1, -0.05) is 49.0 Å². The van der Waals surface area contributed by atoms with Crippen molar-refractivity contribution in [1.29, 1.82) is 0 Å². The van der Waals surface area contributed by atoms with Crippen LogP contribution in [0.3, 0.4) is 0 Å². The molecule has 1 heterocycles. The molecule has 0 radical (unpaired) electrons. The molecule has 0 saturated carbocycles. The molecule has 1 amide bonds. The zero-order chi connectivity index (χ0) is 19.8. The summed E-state index contributed by atoms with van der Waals surface area (Å²) in [6.45, 7) is 5.22. The van der Waals surface area contributed by atoms with Crippen LogP contribution < -0.4 is 16.6 Å². The Morgan fingerprint density at radius 3 is 2.74 bits per heavy atom. The molecule has 7 heteroatoms. The average Bonchev–Trinajstić information content (AvgIpc) is 2.65. The van der Waals surface area contributed by atoms with Crippen LogP contribution in [0.4, 0.5) is 0 Å². The van der Waals surface area contributed by atoms with E-state index in [1.165, 1.54) is 6.42 Å². The van der Waals surface area contributed by atoms with Crippen molar-refractivity contribution in [2.45, 2.75) is 58.9 Å². The van der Waals surface area contributed by atoms with Crippen molar-refractivity contribution in [1.82, 2.24) is 14.9 Å². The van der Waals surface area contributed by atoms with Gasteiger partial charge in [-0.15, -0.1) is 0 Å². The number of nitrogens with zero attached hydrogens (tertiary/aromatic N) is 1. The second-order valence-electron chi connectivity index (χ2n) is 6.90. The van der Waals surface area contributed by atoms with Crippen molar-refractivity contribution in [2.24, 2.45) is 5.92 Å². The van der Waals surface area contributed by atoms with Gasteiger partial charge in [-0.2, -0.15) is 0 Å². The van der Waals surface area contributed by atoms with Gasteiger partial charge in [0.1, 0.15) is 0 Å². The van der Waals surface area contributed by atoms with E-state index in [4.69, 9.17) is 0 Å². The minimum Gasteiger partial charge on any atom is -0.356 e. The number of hydrogen-bond acceptors (Lipinski definition) is 3. The molecule has 1 atom stereocenters. The van der Waals surface area contributed by atoms with Crippen LogP contribution >= 0.6 is 15.9 Å². The lowest BCUT2D eigenvalue weighted by atomic mass is 9.99. The van der Waals surface area contributed by atoms with Crippen LogP contribution in [-0.2, 0) is 11.3 Å². The number of nitrogens with one attached hydrogen (secondary N) is 2. The van der Waals surface area contributed by atoms with Gasteiger partial charge in [-0.3, -0.25) is 14.2 Å². The number of carbonyl (C=O) groups is 1. The van der Waals surface area contributed by atoms with Crippen LogP contribution in [0.2, 0.25) is 0 Å². The molecule has 2 aromatic rings. The molecule has 1 aromatic carbocycles. The standard InChI is InChI=1S/C20H28BrN3O3/c1-3-5-7-14(4-2)13-22-18(25)8-6-11-24-19(26)16-12-15(21)9-10-17(16)23-20(24)27/h9-10,12,14H,3-8,11,13H2,1-2H3,(H,22,25)(H,23,27). The summed E-state index contributed by atoms with van der Waals surface area (Å²) in [5.41, 5.74) is -0.262. The van der Waals surface area contributed by atoms with Gasteiger partial charge in [0.05, 0.1) is 10.9 Å². The number of benzene rings is 1. The molecule has 0 fully saturated rings. The van der Waals surface area contributed by atoms with Gasteiger partial charge in [-0.25, -0.2) is 4.79 Å². The maximum Gasteiger partial charge on any atom is 0.328 e. The first-order valence-corrected chi connectivity index (χ1v) is 10.4. The maximum atomic E-state index is 12.6. The molecule has 0 aliphatic rings. The largest absolute Gasteiger partial charge is 0.356 e. The Hall–Kier alpha value is -1.89. The van der Waals surface area contributed by atoms with Gasteiger partial charge < -0.3 is 10.3 Å². The summed E-state index contributed by atoms with van der Waals surface area (Å²) < 4.78 is 1.94. The molecule has 1 unspecified atom stereocenters. The second-order valence-corrected chi connectivity index (χ2v) is 7.82. The van der Waals surface area contributed by atoms with E-state index < -0.39 is 5.69 Å².